The van der Waals surface area contributed by atoms with Gasteiger partial charge in [-0.3, -0.25) is 0 Å². The molecule has 0 aliphatic heterocycles. The van der Waals surface area contributed by atoms with Crippen LogP contribution in [0.25, 0.3) is 0 Å². The number of halogens is 3. The molecule has 0 heterocycles. The average Bonchev–Trinajstić information content (AvgIpc) is 1.37. The van der Waals surface area contributed by atoms with Gasteiger partial charge >= 0.3 is 37.7 Å². The Morgan fingerprint density at radius 3 is 1.43 bits per heavy atom. The Bertz CT molecular complexity index is 14.9. The summed E-state index contributed by atoms with van der Waals surface area (Å²) in [7, 11) is 0. The maximum Gasteiger partial charge on any atom is -1.00 e. The van der Waals surface area contributed by atoms with E-state index in [-0.39, 0.29) is 50.9 Å². The summed E-state index contributed by atoms with van der Waals surface area (Å²) in [6.07, 6.45) is 0. The van der Waals surface area contributed by atoms with Crippen LogP contribution in [-0.4, -0.2) is 6.61 Å². The summed E-state index contributed by atoms with van der Waals surface area (Å²) in [4.78, 5) is 0. The second-order valence-electron chi connectivity index (χ2n) is 0.433. The van der Waals surface area contributed by atoms with Gasteiger partial charge in [-0.2, -0.15) is 0 Å². The molecule has 0 atom stereocenters. The van der Waals surface area contributed by atoms with E-state index >= 15 is 0 Å². The van der Waals surface area contributed by atoms with E-state index in [1.165, 1.54) is 0 Å². The zero-order valence-electron chi connectivity index (χ0n) is 3.75. The van der Waals surface area contributed by atoms with E-state index in [0.717, 1.165) is 6.61 Å². The molecule has 0 aromatic carbocycles. The van der Waals surface area contributed by atoms with Gasteiger partial charge in [0.25, 0.3) is 0 Å². The second-order valence-corrected chi connectivity index (χ2v) is 0.884. The quantitative estimate of drug-likeness (QED) is 0.434. The molecule has 0 radical (unpaired) electrons. The molecule has 0 saturated heterocycles. The minimum absolute atomic E-state index is 0. The topological polar surface area (TPSA) is 9.23 Å². The zero-order valence-corrected chi connectivity index (χ0v) is 10.1. The average molecular weight is 333 g/mol. The van der Waals surface area contributed by atoms with E-state index in [0.29, 0.717) is 0 Å². The summed E-state index contributed by atoms with van der Waals surface area (Å²) in [6, 6.07) is 0. The maximum atomic E-state index is 4.54. The molecule has 1 nitrogen and oxygen atoms in total. The summed E-state index contributed by atoms with van der Waals surface area (Å²) >= 11 is 1.68. The van der Waals surface area contributed by atoms with Crippen molar-refractivity contribution in [2.75, 3.05) is 6.61 Å². The molecule has 0 aliphatic carbocycles. The molecule has 0 saturated carbocycles. The molecular weight excluding hydrogens is 328 g/mol. The van der Waals surface area contributed by atoms with Crippen molar-refractivity contribution in [2.24, 2.45) is 0 Å². The van der Waals surface area contributed by atoms with E-state index < -0.39 is 0 Å². The van der Waals surface area contributed by atoms with E-state index in [1.807, 2.05) is 6.92 Å². The van der Waals surface area contributed by atoms with Crippen molar-refractivity contribution in [3.05, 3.63) is 0 Å². The molecule has 0 amide bonds. The number of rotatable bonds is 1. The van der Waals surface area contributed by atoms with E-state index in [2.05, 4.69) is 3.32 Å². The first-order valence-electron chi connectivity index (χ1n) is 1.20. The van der Waals surface area contributed by atoms with Crippen molar-refractivity contribution < 1.29 is 75.1 Å². The van der Waals surface area contributed by atoms with Crippen LogP contribution in [0.15, 0.2) is 0 Å². The standard InChI is InChI=1S/C2H5O.3BrH.Ti/c1-2-3;;;;/h2H2,1H3;3*1H;/q-1;;;;+4/p-3. The molecule has 0 aromatic rings. The Balaban J connectivity index is -0.0000000150. The Morgan fingerprint density at radius 1 is 1.29 bits per heavy atom. The molecule has 0 aromatic heterocycles. The van der Waals surface area contributed by atoms with Crippen LogP contribution in [0.1, 0.15) is 6.92 Å². The Hall–Kier alpha value is 2.11. The molecule has 0 fully saturated rings. The first-order valence-corrected chi connectivity index (χ1v) is 1.84. The molecule has 0 rings (SSSR count). The van der Waals surface area contributed by atoms with Crippen LogP contribution in [0.4, 0.5) is 0 Å². The molecule has 44 valence electrons. The molecular formula is C2H5Br3OTi. The smallest absolute Gasteiger partial charge is 1.00 e. The van der Waals surface area contributed by atoms with E-state index in [9.17, 15) is 0 Å². The van der Waals surface area contributed by atoms with Crippen LogP contribution in [-0.2, 0) is 24.1 Å². The largest absolute Gasteiger partial charge is 1.00 e. The molecule has 0 bridgehead atoms. The third-order valence-corrected chi connectivity index (χ3v) is 0.595. The van der Waals surface area contributed by atoms with Gasteiger partial charge in [-0.15, -0.1) is 0 Å². The molecule has 5 heteroatoms. The van der Waals surface area contributed by atoms with Gasteiger partial charge < -0.3 is 50.9 Å². The Morgan fingerprint density at radius 2 is 1.43 bits per heavy atom. The van der Waals surface area contributed by atoms with Crippen LogP contribution in [0, 0.1) is 0 Å². The second kappa shape index (κ2) is 24.3. The van der Waals surface area contributed by atoms with Crippen LogP contribution in [0.2, 0.25) is 0 Å². The van der Waals surface area contributed by atoms with Gasteiger partial charge in [-0.1, -0.05) is 0 Å². The predicted molar refractivity (Wildman–Crippen MR) is 11.6 cm³/mol. The molecule has 0 N–H and O–H groups in total. The van der Waals surface area contributed by atoms with Crippen molar-refractivity contribution in [3.63, 3.8) is 0 Å². The Kier molecular flexibility index (Phi) is 79.5. The third kappa shape index (κ3) is 31.3. The van der Waals surface area contributed by atoms with Crippen LogP contribution in [0.3, 0.4) is 0 Å². The van der Waals surface area contributed by atoms with E-state index in [1.54, 1.807) is 20.8 Å². The Labute approximate surface area is 87.8 Å². The summed E-state index contributed by atoms with van der Waals surface area (Å²) in [5.41, 5.74) is 0. The molecule has 0 aliphatic rings. The third-order valence-electron chi connectivity index (χ3n) is 0.144. The minimum Gasteiger partial charge on any atom is -1.00 e. The van der Waals surface area contributed by atoms with Gasteiger partial charge in [-0.25, -0.2) is 0 Å². The fraction of sp³-hybridized carbons (Fsp3) is 1.00. The fourth-order valence-corrected chi connectivity index (χ4v) is 0. The van der Waals surface area contributed by atoms with Gasteiger partial charge in [0.15, 0.2) is 0 Å². The van der Waals surface area contributed by atoms with Crippen LogP contribution < -0.4 is 50.9 Å². The monoisotopic (exact) mass is 330 g/mol. The van der Waals surface area contributed by atoms with Gasteiger partial charge in [0.1, 0.15) is 0 Å². The van der Waals surface area contributed by atoms with Crippen molar-refractivity contribution in [1.29, 1.82) is 0 Å². The normalized spacial score (nSPS) is 4.43. The summed E-state index contributed by atoms with van der Waals surface area (Å²) in [5, 5.41) is 0. The molecule has 7 heavy (non-hydrogen) atoms. The van der Waals surface area contributed by atoms with Gasteiger partial charge in [0, 0.05) is 0 Å². The predicted octanol–water partition coefficient (Wildman–Crippen LogP) is -8.50. The van der Waals surface area contributed by atoms with Crippen LogP contribution in [0.5, 0.6) is 0 Å². The number of hydrogen-bond donors (Lipinski definition) is 0. The van der Waals surface area contributed by atoms with Crippen molar-refractivity contribution >= 4 is 0 Å². The minimum atomic E-state index is 0. The summed E-state index contributed by atoms with van der Waals surface area (Å²) in [5.74, 6) is 0. The van der Waals surface area contributed by atoms with Gasteiger partial charge in [-0.05, 0) is 0 Å². The fourth-order valence-electron chi connectivity index (χ4n) is 0. The van der Waals surface area contributed by atoms with Gasteiger partial charge in [0.2, 0.25) is 0 Å². The zero-order chi connectivity index (χ0) is 3.41. The molecule has 0 spiro atoms. The van der Waals surface area contributed by atoms with Crippen LogP contribution >= 0.6 is 0 Å². The maximum absolute atomic E-state index is 4.54. The molecule has 0 unspecified atom stereocenters. The van der Waals surface area contributed by atoms with Gasteiger partial charge in [0.05, 0.1) is 0 Å². The van der Waals surface area contributed by atoms with Crippen molar-refractivity contribution in [3.8, 4) is 0 Å². The summed E-state index contributed by atoms with van der Waals surface area (Å²) < 4.78 is 4.54. The number of hydrogen-bond acceptors (Lipinski definition) is 1. The van der Waals surface area contributed by atoms with E-state index in [4.69, 9.17) is 0 Å². The van der Waals surface area contributed by atoms with Crippen molar-refractivity contribution in [2.45, 2.75) is 6.92 Å². The SMILES string of the molecule is CC[O][Ti+3].[Br-].[Br-].[Br-]. The van der Waals surface area contributed by atoms with Crippen molar-refractivity contribution in [1.82, 2.24) is 0 Å². The first-order chi connectivity index (χ1) is 1.91. The summed E-state index contributed by atoms with van der Waals surface area (Å²) in [6.45, 7) is 2.78. The first kappa shape index (κ1) is 22.9.